The van der Waals surface area contributed by atoms with E-state index in [1.54, 1.807) is 16.4 Å². The van der Waals surface area contributed by atoms with Gasteiger partial charge in [-0.3, -0.25) is 0 Å². The van der Waals surface area contributed by atoms with Crippen LogP contribution in [0.5, 0.6) is 0 Å². The van der Waals surface area contributed by atoms with Crippen LogP contribution in [0, 0.1) is 6.92 Å². The molecule has 4 heteroatoms. The minimum atomic E-state index is 0.507. The lowest BCUT2D eigenvalue weighted by molar-refractivity contribution is 0.889. The second-order valence-corrected chi connectivity index (χ2v) is 5.93. The van der Waals surface area contributed by atoms with Crippen LogP contribution in [0.4, 0.5) is 5.82 Å². The van der Waals surface area contributed by atoms with Crippen LogP contribution in [0.1, 0.15) is 19.4 Å². The molecule has 0 radical (unpaired) electrons. The lowest BCUT2D eigenvalue weighted by Crippen LogP contribution is -2.02. The lowest BCUT2D eigenvalue weighted by atomic mass is 10.2. The van der Waals surface area contributed by atoms with Gasteiger partial charge in [-0.15, -0.1) is 11.8 Å². The van der Waals surface area contributed by atoms with Gasteiger partial charge in [0.15, 0.2) is 0 Å². The Balaban J connectivity index is 2.37. The van der Waals surface area contributed by atoms with Gasteiger partial charge in [0.05, 0.1) is 16.8 Å². The average Bonchev–Trinajstić information content (AvgIpc) is 2.60. The van der Waals surface area contributed by atoms with Crippen molar-refractivity contribution in [2.24, 2.45) is 0 Å². The van der Waals surface area contributed by atoms with E-state index in [0.717, 1.165) is 10.6 Å². The Morgan fingerprint density at radius 2 is 2.12 bits per heavy atom. The summed E-state index contributed by atoms with van der Waals surface area (Å²) in [4.78, 5) is 1.04. The monoisotopic (exact) mass is 247 g/mol. The first-order valence-electron chi connectivity index (χ1n) is 5.65. The summed E-state index contributed by atoms with van der Waals surface area (Å²) in [6.45, 7) is 6.36. The fourth-order valence-electron chi connectivity index (χ4n) is 1.65. The highest BCUT2D eigenvalue weighted by atomic mass is 32.2. The number of rotatable bonds is 3. The number of nitrogens with zero attached hydrogens (tertiary/aromatic N) is 2. The molecule has 1 aromatic carbocycles. The lowest BCUT2D eigenvalue weighted by Gasteiger charge is -2.07. The van der Waals surface area contributed by atoms with E-state index in [1.807, 2.05) is 18.3 Å². The summed E-state index contributed by atoms with van der Waals surface area (Å²) in [5.74, 6) is 0.717. The molecule has 0 saturated carbocycles. The van der Waals surface area contributed by atoms with Crippen LogP contribution in [0.15, 0.2) is 35.4 Å². The van der Waals surface area contributed by atoms with Crippen LogP contribution in [-0.2, 0) is 0 Å². The van der Waals surface area contributed by atoms with E-state index >= 15 is 0 Å². The highest BCUT2D eigenvalue weighted by Gasteiger charge is 2.10. The predicted octanol–water partition coefficient (Wildman–Crippen LogP) is 3.26. The largest absolute Gasteiger partial charge is 0.383 e. The first kappa shape index (κ1) is 12.0. The first-order chi connectivity index (χ1) is 8.08. The fourth-order valence-corrected chi connectivity index (χ4v) is 2.48. The Morgan fingerprint density at radius 3 is 2.76 bits per heavy atom. The quantitative estimate of drug-likeness (QED) is 0.847. The number of hydrogen-bond donors (Lipinski definition) is 1. The Kier molecular flexibility index (Phi) is 3.43. The normalized spacial score (nSPS) is 11.1. The van der Waals surface area contributed by atoms with Crippen molar-refractivity contribution in [3.8, 4) is 5.69 Å². The number of anilines is 1. The van der Waals surface area contributed by atoms with Crippen LogP contribution in [0.2, 0.25) is 0 Å². The molecule has 1 aromatic heterocycles. The van der Waals surface area contributed by atoms with Gasteiger partial charge in [0.2, 0.25) is 0 Å². The zero-order valence-corrected chi connectivity index (χ0v) is 11.2. The van der Waals surface area contributed by atoms with E-state index in [9.17, 15) is 0 Å². The van der Waals surface area contributed by atoms with Crippen molar-refractivity contribution in [3.63, 3.8) is 0 Å². The number of nitrogen functional groups attached to an aromatic ring is 1. The predicted molar refractivity (Wildman–Crippen MR) is 73.7 cm³/mol. The van der Waals surface area contributed by atoms with Gasteiger partial charge in [-0.25, -0.2) is 4.68 Å². The Labute approximate surface area is 106 Å². The molecule has 0 aliphatic heterocycles. The molecule has 0 aliphatic rings. The second kappa shape index (κ2) is 4.84. The van der Waals surface area contributed by atoms with Crippen molar-refractivity contribution in [1.29, 1.82) is 0 Å². The Hall–Kier alpha value is -1.42. The Bertz CT molecular complexity index is 517. The average molecular weight is 247 g/mol. The molecule has 3 nitrogen and oxygen atoms in total. The van der Waals surface area contributed by atoms with Crippen LogP contribution in [0.3, 0.4) is 0 Å². The minimum absolute atomic E-state index is 0.507. The van der Waals surface area contributed by atoms with Crippen molar-refractivity contribution in [3.05, 3.63) is 36.0 Å². The fraction of sp³-hybridized carbons (Fsp3) is 0.308. The van der Waals surface area contributed by atoms with Crippen molar-refractivity contribution in [2.75, 3.05) is 5.73 Å². The van der Waals surface area contributed by atoms with E-state index in [-0.39, 0.29) is 0 Å². The van der Waals surface area contributed by atoms with Gasteiger partial charge in [0, 0.05) is 5.25 Å². The topological polar surface area (TPSA) is 43.8 Å². The van der Waals surface area contributed by atoms with E-state index in [2.05, 4.69) is 38.0 Å². The number of aromatic nitrogens is 2. The molecule has 2 rings (SSSR count). The number of thioether (sulfide) groups is 1. The maximum Gasteiger partial charge on any atom is 0.140 e. The smallest absolute Gasteiger partial charge is 0.140 e. The van der Waals surface area contributed by atoms with Crippen molar-refractivity contribution in [1.82, 2.24) is 9.78 Å². The summed E-state index contributed by atoms with van der Waals surface area (Å²) in [7, 11) is 0. The molecular formula is C13H17N3S. The molecule has 0 amide bonds. The summed E-state index contributed by atoms with van der Waals surface area (Å²) in [6.07, 6.45) is 1.84. The van der Waals surface area contributed by atoms with Gasteiger partial charge in [-0.2, -0.15) is 5.10 Å². The molecule has 90 valence electrons. The molecule has 17 heavy (non-hydrogen) atoms. The maximum atomic E-state index is 6.11. The SMILES string of the molecule is Cc1cccc(-n2ncc(SC(C)C)c2N)c1. The van der Waals surface area contributed by atoms with Crippen LogP contribution in [0.25, 0.3) is 5.69 Å². The van der Waals surface area contributed by atoms with Crippen molar-refractivity contribution < 1.29 is 0 Å². The number of hydrogen-bond acceptors (Lipinski definition) is 3. The van der Waals surface area contributed by atoms with Crippen molar-refractivity contribution >= 4 is 17.6 Å². The van der Waals surface area contributed by atoms with Crippen LogP contribution < -0.4 is 5.73 Å². The zero-order chi connectivity index (χ0) is 12.4. The van der Waals surface area contributed by atoms with Crippen LogP contribution in [-0.4, -0.2) is 15.0 Å². The summed E-state index contributed by atoms with van der Waals surface area (Å²) >= 11 is 1.74. The summed E-state index contributed by atoms with van der Waals surface area (Å²) in [5.41, 5.74) is 8.33. The molecule has 0 unspecified atom stereocenters. The maximum absolute atomic E-state index is 6.11. The number of benzene rings is 1. The third-order valence-corrected chi connectivity index (χ3v) is 3.42. The number of nitrogens with two attached hydrogens (primary N) is 1. The van der Waals surface area contributed by atoms with E-state index in [0.29, 0.717) is 11.1 Å². The third kappa shape index (κ3) is 2.64. The zero-order valence-electron chi connectivity index (χ0n) is 10.3. The van der Waals surface area contributed by atoms with Gasteiger partial charge < -0.3 is 5.73 Å². The molecule has 0 aliphatic carbocycles. The third-order valence-electron chi connectivity index (χ3n) is 2.38. The summed E-state index contributed by atoms with van der Waals surface area (Å²) in [6, 6.07) is 8.17. The first-order valence-corrected chi connectivity index (χ1v) is 6.53. The molecule has 0 spiro atoms. The standard InChI is InChI=1S/C13H17N3S/c1-9(2)17-12-8-15-16(13(12)14)11-6-4-5-10(3)7-11/h4-9H,14H2,1-3H3. The highest BCUT2D eigenvalue weighted by Crippen LogP contribution is 2.29. The van der Waals surface area contributed by atoms with E-state index in [1.165, 1.54) is 5.56 Å². The molecule has 0 fully saturated rings. The molecule has 0 atom stereocenters. The highest BCUT2D eigenvalue weighted by molar-refractivity contribution is 8.00. The molecule has 0 saturated heterocycles. The van der Waals surface area contributed by atoms with Crippen LogP contribution >= 0.6 is 11.8 Å². The van der Waals surface area contributed by atoms with E-state index in [4.69, 9.17) is 5.73 Å². The molecular weight excluding hydrogens is 230 g/mol. The van der Waals surface area contributed by atoms with Gasteiger partial charge in [-0.05, 0) is 24.6 Å². The Morgan fingerprint density at radius 1 is 1.35 bits per heavy atom. The summed E-state index contributed by atoms with van der Waals surface area (Å²) in [5, 5.41) is 4.86. The van der Waals surface area contributed by atoms with Gasteiger partial charge in [0.25, 0.3) is 0 Å². The molecule has 2 aromatic rings. The molecule has 0 bridgehead atoms. The van der Waals surface area contributed by atoms with E-state index < -0.39 is 0 Å². The van der Waals surface area contributed by atoms with Gasteiger partial charge in [-0.1, -0.05) is 26.0 Å². The minimum Gasteiger partial charge on any atom is -0.383 e. The molecule has 2 N–H and O–H groups in total. The second-order valence-electron chi connectivity index (χ2n) is 4.31. The van der Waals surface area contributed by atoms with Gasteiger partial charge in [0.1, 0.15) is 5.82 Å². The summed E-state index contributed by atoms with van der Waals surface area (Å²) < 4.78 is 1.79. The van der Waals surface area contributed by atoms with Crippen molar-refractivity contribution in [2.45, 2.75) is 30.9 Å². The number of aryl methyl sites for hydroxylation is 1. The molecule has 1 heterocycles. The van der Waals surface area contributed by atoms with Gasteiger partial charge >= 0.3 is 0 Å².